The van der Waals surface area contributed by atoms with Crippen molar-refractivity contribution in [2.75, 3.05) is 42.2 Å². The van der Waals surface area contributed by atoms with E-state index in [9.17, 15) is 4.79 Å². The highest BCUT2D eigenvalue weighted by molar-refractivity contribution is 7.99. The zero-order valence-corrected chi connectivity index (χ0v) is 11.2. The van der Waals surface area contributed by atoms with E-state index in [2.05, 4.69) is 10.2 Å². The van der Waals surface area contributed by atoms with Crippen LogP contribution in [0.4, 0.5) is 11.4 Å². The van der Waals surface area contributed by atoms with Crippen molar-refractivity contribution in [1.29, 1.82) is 0 Å². The summed E-state index contributed by atoms with van der Waals surface area (Å²) in [5.41, 5.74) is 7.10. The Hall–Kier alpha value is -1.20. The molecule has 3 N–H and O–H groups in total. The van der Waals surface area contributed by atoms with Crippen molar-refractivity contribution in [3.05, 3.63) is 24.3 Å². The second-order valence-corrected chi connectivity index (χ2v) is 5.60. The zero-order valence-electron chi connectivity index (χ0n) is 10.4. The molecule has 0 radical (unpaired) electrons. The van der Waals surface area contributed by atoms with Crippen LogP contribution in [0.5, 0.6) is 0 Å². The molecule has 1 heterocycles. The zero-order chi connectivity index (χ0) is 12.8. The third kappa shape index (κ3) is 3.92. The van der Waals surface area contributed by atoms with Gasteiger partial charge in [-0.25, -0.2) is 0 Å². The molecule has 98 valence electrons. The molecule has 18 heavy (non-hydrogen) atoms. The minimum atomic E-state index is 0.0137. The summed E-state index contributed by atoms with van der Waals surface area (Å²) in [7, 11) is 0. The minimum absolute atomic E-state index is 0.0137. The number of hydrogen-bond acceptors (Lipinski definition) is 4. The largest absolute Gasteiger partial charge is 0.397 e. The Morgan fingerprint density at radius 2 is 2.17 bits per heavy atom. The average molecular weight is 265 g/mol. The molecule has 0 saturated carbocycles. The van der Waals surface area contributed by atoms with E-state index in [1.807, 2.05) is 30.0 Å². The third-order valence-corrected chi connectivity index (χ3v) is 3.97. The lowest BCUT2D eigenvalue weighted by Crippen LogP contribution is -2.34. The molecule has 0 unspecified atom stereocenters. The van der Waals surface area contributed by atoms with Gasteiger partial charge in [-0.15, -0.1) is 0 Å². The number of benzene rings is 1. The number of carbonyl (C=O) groups is 1. The molecule has 1 fully saturated rings. The Balaban J connectivity index is 1.86. The van der Waals surface area contributed by atoms with Gasteiger partial charge < -0.3 is 11.1 Å². The number of nitrogens with one attached hydrogen (secondary N) is 1. The molecule has 2 rings (SSSR count). The summed E-state index contributed by atoms with van der Waals surface area (Å²) < 4.78 is 0. The fourth-order valence-electron chi connectivity index (χ4n) is 1.96. The number of hydrogen-bond donors (Lipinski definition) is 2. The molecule has 0 spiro atoms. The Morgan fingerprint density at radius 3 is 3.00 bits per heavy atom. The fraction of sp³-hybridized carbons (Fsp3) is 0.462. The van der Waals surface area contributed by atoms with Crippen LogP contribution in [-0.4, -0.2) is 41.9 Å². The summed E-state index contributed by atoms with van der Waals surface area (Å²) in [4.78, 5) is 14.1. The number of nitrogens with two attached hydrogens (primary N) is 1. The Bertz CT molecular complexity index is 403. The lowest BCUT2D eigenvalue weighted by molar-refractivity contribution is -0.117. The molecule has 1 saturated heterocycles. The van der Waals surface area contributed by atoms with E-state index in [1.165, 1.54) is 5.75 Å². The van der Waals surface area contributed by atoms with Gasteiger partial charge in [0, 0.05) is 12.3 Å². The first-order valence-electron chi connectivity index (χ1n) is 6.20. The second-order valence-electron chi connectivity index (χ2n) is 4.38. The van der Waals surface area contributed by atoms with E-state index >= 15 is 0 Å². The van der Waals surface area contributed by atoms with Gasteiger partial charge in [-0.05, 0) is 30.9 Å². The van der Waals surface area contributed by atoms with Crippen LogP contribution in [0.15, 0.2) is 24.3 Å². The molecule has 0 bridgehead atoms. The number of amides is 1. The number of anilines is 2. The Kier molecular flexibility index (Phi) is 4.90. The van der Waals surface area contributed by atoms with Crippen molar-refractivity contribution in [3.8, 4) is 0 Å². The maximum atomic E-state index is 11.9. The van der Waals surface area contributed by atoms with Crippen molar-refractivity contribution >= 4 is 29.0 Å². The SMILES string of the molecule is Nc1ccccc1NC(=O)CN1CCCSCC1. The molecular formula is C13H19N3OS. The molecule has 1 aliphatic rings. The third-order valence-electron chi connectivity index (χ3n) is 2.92. The maximum Gasteiger partial charge on any atom is 0.238 e. The Labute approximate surface area is 112 Å². The van der Waals surface area contributed by atoms with Crippen LogP contribution < -0.4 is 11.1 Å². The lowest BCUT2D eigenvalue weighted by Gasteiger charge is -2.18. The molecule has 0 aromatic heterocycles. The topological polar surface area (TPSA) is 58.4 Å². The number of nitrogen functional groups attached to an aromatic ring is 1. The van der Waals surface area contributed by atoms with Gasteiger partial charge in [-0.1, -0.05) is 12.1 Å². The van der Waals surface area contributed by atoms with Gasteiger partial charge in [0.2, 0.25) is 5.91 Å². The van der Waals surface area contributed by atoms with Gasteiger partial charge >= 0.3 is 0 Å². The number of rotatable bonds is 3. The molecule has 1 aromatic carbocycles. The smallest absolute Gasteiger partial charge is 0.238 e. The van der Waals surface area contributed by atoms with E-state index in [4.69, 9.17) is 5.73 Å². The summed E-state index contributed by atoms with van der Waals surface area (Å²) in [6, 6.07) is 7.34. The first-order valence-corrected chi connectivity index (χ1v) is 7.35. The quantitative estimate of drug-likeness (QED) is 0.816. The molecule has 1 aliphatic heterocycles. The number of nitrogens with zero attached hydrogens (tertiary/aromatic N) is 1. The van der Waals surface area contributed by atoms with Crippen LogP contribution in [0, 0.1) is 0 Å². The van der Waals surface area contributed by atoms with Gasteiger partial charge in [0.15, 0.2) is 0 Å². The van der Waals surface area contributed by atoms with E-state index in [0.29, 0.717) is 17.9 Å². The molecule has 1 aromatic rings. The maximum absolute atomic E-state index is 11.9. The summed E-state index contributed by atoms with van der Waals surface area (Å²) >= 11 is 1.96. The highest BCUT2D eigenvalue weighted by atomic mass is 32.2. The van der Waals surface area contributed by atoms with Crippen molar-refractivity contribution < 1.29 is 4.79 Å². The van der Waals surface area contributed by atoms with Gasteiger partial charge in [-0.2, -0.15) is 11.8 Å². The summed E-state index contributed by atoms with van der Waals surface area (Å²) in [5.74, 6) is 2.32. The van der Waals surface area contributed by atoms with Crippen molar-refractivity contribution in [2.24, 2.45) is 0 Å². The van der Waals surface area contributed by atoms with Crippen LogP contribution in [0.25, 0.3) is 0 Å². The van der Waals surface area contributed by atoms with Crippen molar-refractivity contribution in [1.82, 2.24) is 4.90 Å². The van der Waals surface area contributed by atoms with E-state index < -0.39 is 0 Å². The van der Waals surface area contributed by atoms with Crippen LogP contribution in [-0.2, 0) is 4.79 Å². The molecule has 0 aliphatic carbocycles. The average Bonchev–Trinajstić information content (AvgIpc) is 2.61. The molecular weight excluding hydrogens is 246 g/mol. The predicted octanol–water partition coefficient (Wildman–Crippen LogP) is 1.65. The number of carbonyl (C=O) groups excluding carboxylic acids is 1. The van der Waals surface area contributed by atoms with E-state index in [1.54, 1.807) is 6.07 Å². The standard InChI is InChI=1S/C13H19N3OS/c14-11-4-1-2-5-12(11)15-13(17)10-16-6-3-8-18-9-7-16/h1-2,4-5H,3,6-10,14H2,(H,15,17). The van der Waals surface area contributed by atoms with Gasteiger partial charge in [0.05, 0.1) is 17.9 Å². The van der Waals surface area contributed by atoms with Crippen LogP contribution in [0.3, 0.4) is 0 Å². The summed E-state index contributed by atoms with van der Waals surface area (Å²) in [5, 5.41) is 2.87. The van der Waals surface area contributed by atoms with Crippen LogP contribution >= 0.6 is 11.8 Å². The normalized spacial score (nSPS) is 17.1. The van der Waals surface area contributed by atoms with E-state index in [-0.39, 0.29) is 5.91 Å². The molecule has 4 nitrogen and oxygen atoms in total. The van der Waals surface area contributed by atoms with Crippen LogP contribution in [0.2, 0.25) is 0 Å². The fourth-order valence-corrected chi connectivity index (χ4v) is 2.88. The Morgan fingerprint density at radius 1 is 1.33 bits per heavy atom. The second kappa shape index (κ2) is 6.66. The van der Waals surface area contributed by atoms with Gasteiger partial charge in [0.25, 0.3) is 0 Å². The van der Waals surface area contributed by atoms with Crippen LogP contribution in [0.1, 0.15) is 6.42 Å². The monoisotopic (exact) mass is 265 g/mol. The molecule has 0 atom stereocenters. The van der Waals surface area contributed by atoms with Crippen molar-refractivity contribution in [2.45, 2.75) is 6.42 Å². The highest BCUT2D eigenvalue weighted by Gasteiger charge is 2.13. The first-order chi connectivity index (χ1) is 8.75. The molecule has 1 amide bonds. The predicted molar refractivity (Wildman–Crippen MR) is 77.9 cm³/mol. The number of para-hydroxylation sites is 2. The number of thioether (sulfide) groups is 1. The molecule has 5 heteroatoms. The first kappa shape index (κ1) is 13.2. The highest BCUT2D eigenvalue weighted by Crippen LogP contribution is 2.16. The summed E-state index contributed by atoms with van der Waals surface area (Å²) in [6.45, 7) is 2.45. The summed E-state index contributed by atoms with van der Waals surface area (Å²) in [6.07, 6.45) is 1.16. The van der Waals surface area contributed by atoms with Gasteiger partial charge in [-0.3, -0.25) is 9.69 Å². The van der Waals surface area contributed by atoms with E-state index in [0.717, 1.165) is 25.3 Å². The van der Waals surface area contributed by atoms with Gasteiger partial charge in [0.1, 0.15) is 0 Å². The van der Waals surface area contributed by atoms with Crippen molar-refractivity contribution in [3.63, 3.8) is 0 Å². The lowest BCUT2D eigenvalue weighted by atomic mass is 10.2. The minimum Gasteiger partial charge on any atom is -0.397 e.